The second-order valence-electron chi connectivity index (χ2n) is 4.73. The Morgan fingerprint density at radius 2 is 2.18 bits per heavy atom. The van der Waals surface area contributed by atoms with Gasteiger partial charge in [-0.05, 0) is 6.07 Å². The molecule has 0 atom stereocenters. The van der Waals surface area contributed by atoms with Crippen LogP contribution in [0.5, 0.6) is 0 Å². The summed E-state index contributed by atoms with van der Waals surface area (Å²) in [7, 11) is 0. The first-order valence-electron chi connectivity index (χ1n) is 7.04. The third-order valence-corrected chi connectivity index (χ3v) is 3.96. The van der Waals surface area contributed by atoms with Gasteiger partial charge < -0.3 is 15.0 Å². The minimum absolute atomic E-state index is 0.272. The van der Waals surface area contributed by atoms with Gasteiger partial charge in [0, 0.05) is 43.0 Å². The molecule has 0 aromatic carbocycles. The van der Waals surface area contributed by atoms with Crippen molar-refractivity contribution < 1.29 is 9.53 Å². The highest BCUT2D eigenvalue weighted by Gasteiger charge is 2.16. The number of hydrogen-bond donors (Lipinski definition) is 2. The minimum atomic E-state index is -0.272. The summed E-state index contributed by atoms with van der Waals surface area (Å²) in [5.74, 6) is 0.903. The molecular formula is C14H17N5O2S. The quantitative estimate of drug-likeness (QED) is 0.896. The summed E-state index contributed by atoms with van der Waals surface area (Å²) < 4.78 is 5.36. The molecule has 2 aromatic rings. The molecule has 0 radical (unpaired) electrons. The molecule has 3 rings (SSSR count). The van der Waals surface area contributed by atoms with Crippen molar-refractivity contribution in [3.05, 3.63) is 35.5 Å². The lowest BCUT2D eigenvalue weighted by Gasteiger charge is -2.29. The van der Waals surface area contributed by atoms with Gasteiger partial charge >= 0.3 is 6.03 Å². The summed E-state index contributed by atoms with van der Waals surface area (Å²) in [4.78, 5) is 22.5. The molecule has 22 heavy (non-hydrogen) atoms. The zero-order valence-corrected chi connectivity index (χ0v) is 12.8. The highest BCUT2D eigenvalue weighted by Crippen LogP contribution is 2.18. The van der Waals surface area contributed by atoms with Crippen LogP contribution in [0.1, 0.15) is 5.56 Å². The highest BCUT2D eigenvalue weighted by molar-refractivity contribution is 7.13. The van der Waals surface area contributed by atoms with Crippen LogP contribution < -0.4 is 15.5 Å². The van der Waals surface area contributed by atoms with Crippen molar-refractivity contribution in [3.8, 4) is 0 Å². The van der Waals surface area contributed by atoms with Crippen LogP contribution in [0.4, 0.5) is 15.7 Å². The lowest BCUT2D eigenvalue weighted by Crippen LogP contribution is -2.38. The summed E-state index contributed by atoms with van der Waals surface area (Å²) in [6.07, 6.45) is 3.42. The number of morpholine rings is 1. The number of amides is 2. The normalized spacial score (nSPS) is 14.6. The van der Waals surface area contributed by atoms with Crippen molar-refractivity contribution in [2.45, 2.75) is 6.54 Å². The van der Waals surface area contributed by atoms with Gasteiger partial charge in [0.25, 0.3) is 0 Å². The van der Waals surface area contributed by atoms with E-state index >= 15 is 0 Å². The lowest BCUT2D eigenvalue weighted by atomic mass is 10.2. The van der Waals surface area contributed by atoms with E-state index in [2.05, 4.69) is 25.5 Å². The largest absolute Gasteiger partial charge is 0.378 e. The van der Waals surface area contributed by atoms with Crippen molar-refractivity contribution in [2.75, 3.05) is 36.5 Å². The number of ether oxygens (including phenoxy) is 1. The Labute approximate surface area is 132 Å². The Morgan fingerprint density at radius 1 is 1.32 bits per heavy atom. The van der Waals surface area contributed by atoms with Crippen LogP contribution >= 0.6 is 11.3 Å². The van der Waals surface area contributed by atoms with Gasteiger partial charge in [-0.25, -0.2) is 14.8 Å². The van der Waals surface area contributed by atoms with E-state index in [0.29, 0.717) is 24.9 Å². The van der Waals surface area contributed by atoms with E-state index in [4.69, 9.17) is 4.74 Å². The van der Waals surface area contributed by atoms with Crippen molar-refractivity contribution in [1.29, 1.82) is 0 Å². The maximum atomic E-state index is 11.9. The molecule has 3 heterocycles. The number of nitrogens with zero attached hydrogens (tertiary/aromatic N) is 3. The minimum Gasteiger partial charge on any atom is -0.378 e. The Balaban J connectivity index is 1.61. The summed E-state index contributed by atoms with van der Waals surface area (Å²) in [5.41, 5.74) is 0.985. The first-order chi connectivity index (χ1) is 10.8. The van der Waals surface area contributed by atoms with Crippen LogP contribution in [0.25, 0.3) is 0 Å². The summed E-state index contributed by atoms with van der Waals surface area (Å²) >= 11 is 1.38. The first kappa shape index (κ1) is 14.7. The maximum absolute atomic E-state index is 11.9. The molecule has 0 aliphatic carbocycles. The fraction of sp³-hybridized carbons (Fsp3) is 0.357. The summed E-state index contributed by atoms with van der Waals surface area (Å²) in [5, 5.41) is 7.92. The molecule has 2 N–H and O–H groups in total. The van der Waals surface area contributed by atoms with Crippen LogP contribution in [0.3, 0.4) is 0 Å². The van der Waals surface area contributed by atoms with Crippen molar-refractivity contribution in [2.24, 2.45) is 0 Å². The van der Waals surface area contributed by atoms with Crippen LogP contribution in [0.2, 0.25) is 0 Å². The lowest BCUT2D eigenvalue weighted by molar-refractivity contribution is 0.122. The number of pyridine rings is 1. The Bertz CT molecular complexity index is 613. The van der Waals surface area contributed by atoms with Crippen molar-refractivity contribution in [1.82, 2.24) is 15.3 Å². The Kier molecular flexibility index (Phi) is 4.81. The zero-order valence-electron chi connectivity index (χ0n) is 12.0. The van der Waals surface area contributed by atoms with Gasteiger partial charge in [-0.15, -0.1) is 11.3 Å². The average molecular weight is 319 g/mol. The molecule has 0 bridgehead atoms. The predicted octanol–water partition coefficient (Wildman–Crippen LogP) is 1.70. The molecular weight excluding hydrogens is 302 g/mol. The second-order valence-corrected chi connectivity index (χ2v) is 5.63. The number of hydrogen-bond acceptors (Lipinski definition) is 6. The van der Waals surface area contributed by atoms with E-state index < -0.39 is 0 Å². The molecule has 1 aliphatic rings. The van der Waals surface area contributed by atoms with E-state index in [-0.39, 0.29) is 6.03 Å². The van der Waals surface area contributed by atoms with Crippen LogP contribution in [-0.2, 0) is 11.3 Å². The fourth-order valence-electron chi connectivity index (χ4n) is 2.23. The van der Waals surface area contributed by atoms with E-state index in [1.807, 2.05) is 17.5 Å². The van der Waals surface area contributed by atoms with E-state index in [1.165, 1.54) is 11.3 Å². The average Bonchev–Trinajstić information content (AvgIpc) is 3.07. The third-order valence-electron chi connectivity index (χ3n) is 3.27. The van der Waals surface area contributed by atoms with E-state index in [1.54, 1.807) is 12.4 Å². The van der Waals surface area contributed by atoms with Gasteiger partial charge in [0.05, 0.1) is 13.2 Å². The van der Waals surface area contributed by atoms with Crippen LogP contribution in [-0.4, -0.2) is 42.3 Å². The molecule has 0 saturated carbocycles. The molecule has 1 fully saturated rings. The van der Waals surface area contributed by atoms with Crippen LogP contribution in [0, 0.1) is 0 Å². The molecule has 116 valence electrons. The van der Waals surface area contributed by atoms with Crippen LogP contribution in [0.15, 0.2) is 29.9 Å². The van der Waals surface area contributed by atoms with Gasteiger partial charge in [0.2, 0.25) is 0 Å². The van der Waals surface area contributed by atoms with Gasteiger partial charge in [0.1, 0.15) is 5.82 Å². The van der Waals surface area contributed by atoms with Crippen molar-refractivity contribution in [3.63, 3.8) is 0 Å². The first-order valence-corrected chi connectivity index (χ1v) is 7.92. The Hall–Kier alpha value is -2.19. The zero-order chi connectivity index (χ0) is 15.2. The maximum Gasteiger partial charge on any atom is 0.321 e. The van der Waals surface area contributed by atoms with E-state index in [0.717, 1.165) is 24.5 Å². The second kappa shape index (κ2) is 7.19. The Morgan fingerprint density at radius 3 is 2.95 bits per heavy atom. The van der Waals surface area contributed by atoms with Gasteiger partial charge in [-0.2, -0.15) is 0 Å². The van der Waals surface area contributed by atoms with Gasteiger partial charge in [0.15, 0.2) is 5.13 Å². The molecule has 0 unspecified atom stereocenters. The number of rotatable bonds is 4. The summed E-state index contributed by atoms with van der Waals surface area (Å²) in [6, 6.07) is 3.58. The molecule has 2 amide bonds. The number of aromatic nitrogens is 2. The van der Waals surface area contributed by atoms with Gasteiger partial charge in [-0.3, -0.25) is 5.32 Å². The monoisotopic (exact) mass is 319 g/mol. The number of urea groups is 1. The summed E-state index contributed by atoms with van der Waals surface area (Å²) in [6.45, 7) is 3.45. The molecule has 1 saturated heterocycles. The number of carbonyl (C=O) groups is 1. The predicted molar refractivity (Wildman–Crippen MR) is 85.2 cm³/mol. The molecule has 1 aliphatic heterocycles. The topological polar surface area (TPSA) is 79.4 Å². The number of carbonyl (C=O) groups excluding carboxylic acids is 1. The van der Waals surface area contributed by atoms with Gasteiger partial charge in [-0.1, -0.05) is 6.07 Å². The van der Waals surface area contributed by atoms with Crippen molar-refractivity contribution >= 4 is 28.3 Å². The molecule has 8 heteroatoms. The molecule has 0 spiro atoms. The SMILES string of the molecule is O=C(NCc1cccnc1N1CCOCC1)Nc1nccs1. The smallest absolute Gasteiger partial charge is 0.321 e. The number of thiazole rings is 1. The standard InChI is InChI=1S/C14H17N5O2S/c20-13(18-14-16-4-9-22-14)17-10-11-2-1-3-15-12(11)19-5-7-21-8-6-19/h1-4,9H,5-8,10H2,(H2,16,17,18,20). The highest BCUT2D eigenvalue weighted by atomic mass is 32.1. The number of anilines is 2. The third kappa shape index (κ3) is 3.71. The number of nitrogens with one attached hydrogen (secondary N) is 2. The van der Waals surface area contributed by atoms with E-state index in [9.17, 15) is 4.79 Å². The fourth-order valence-corrected chi connectivity index (χ4v) is 2.75. The molecule has 7 nitrogen and oxygen atoms in total. The molecule has 2 aromatic heterocycles.